The number of carbonyl (C=O) groups excluding carboxylic acids is 1. The van der Waals surface area contributed by atoms with E-state index in [1.807, 2.05) is 17.9 Å². The van der Waals surface area contributed by atoms with Crippen LogP contribution in [0, 0.1) is 5.82 Å². The van der Waals surface area contributed by atoms with E-state index in [1.54, 1.807) is 23.0 Å². The van der Waals surface area contributed by atoms with Crippen molar-refractivity contribution >= 4 is 5.91 Å². The van der Waals surface area contributed by atoms with Gasteiger partial charge in [-0.25, -0.2) is 9.07 Å². The SMILES string of the molecule is CCc1c(C(=O)N2CCCN(Cc3ccccc3)CC2)cnn1-c1ccc(F)cc1. The van der Waals surface area contributed by atoms with Crippen molar-refractivity contribution in [1.29, 1.82) is 0 Å². The minimum absolute atomic E-state index is 0.0294. The summed E-state index contributed by atoms with van der Waals surface area (Å²) in [6, 6.07) is 16.6. The van der Waals surface area contributed by atoms with Crippen LogP contribution in [0.1, 0.15) is 35.0 Å². The number of carbonyl (C=O) groups is 1. The minimum Gasteiger partial charge on any atom is -0.337 e. The molecule has 3 aromatic rings. The average Bonchev–Trinajstić information content (AvgIpc) is 3.07. The molecular weight excluding hydrogens is 379 g/mol. The molecule has 1 fully saturated rings. The molecule has 0 unspecified atom stereocenters. The zero-order valence-electron chi connectivity index (χ0n) is 17.3. The maximum atomic E-state index is 13.3. The molecule has 156 valence electrons. The van der Waals surface area contributed by atoms with Gasteiger partial charge in [0.25, 0.3) is 5.91 Å². The number of amides is 1. The molecule has 1 aromatic heterocycles. The maximum Gasteiger partial charge on any atom is 0.257 e. The third-order valence-electron chi connectivity index (χ3n) is 5.63. The highest BCUT2D eigenvalue weighted by molar-refractivity contribution is 5.95. The molecule has 6 heteroatoms. The number of hydrogen-bond acceptors (Lipinski definition) is 3. The topological polar surface area (TPSA) is 41.4 Å². The average molecular weight is 407 g/mol. The van der Waals surface area contributed by atoms with Crippen LogP contribution in [-0.2, 0) is 13.0 Å². The number of benzene rings is 2. The van der Waals surface area contributed by atoms with Crippen molar-refractivity contribution in [2.24, 2.45) is 0 Å². The Labute approximate surface area is 176 Å². The fourth-order valence-electron chi connectivity index (χ4n) is 4.04. The molecule has 0 saturated carbocycles. The monoisotopic (exact) mass is 406 g/mol. The van der Waals surface area contributed by atoms with Gasteiger partial charge in [0, 0.05) is 32.7 Å². The standard InChI is InChI=1S/C24H27FN4O/c1-2-23-22(17-26-29(23)21-11-9-20(25)10-12-21)24(30)28-14-6-13-27(15-16-28)18-19-7-4-3-5-8-19/h3-5,7-12,17H,2,6,13-16,18H2,1H3. The number of halogens is 1. The van der Waals surface area contributed by atoms with Crippen LogP contribution in [0.3, 0.4) is 0 Å². The molecular formula is C24H27FN4O. The fraction of sp³-hybridized carbons (Fsp3) is 0.333. The lowest BCUT2D eigenvalue weighted by atomic mass is 10.1. The normalized spacial score (nSPS) is 15.2. The van der Waals surface area contributed by atoms with Gasteiger partial charge in [0.1, 0.15) is 5.82 Å². The molecule has 1 amide bonds. The highest BCUT2D eigenvalue weighted by Gasteiger charge is 2.24. The molecule has 2 heterocycles. The first kappa shape index (κ1) is 20.3. The molecule has 1 saturated heterocycles. The summed E-state index contributed by atoms with van der Waals surface area (Å²) >= 11 is 0. The predicted molar refractivity (Wildman–Crippen MR) is 115 cm³/mol. The lowest BCUT2D eigenvalue weighted by Crippen LogP contribution is -2.35. The summed E-state index contributed by atoms with van der Waals surface area (Å²) in [6.45, 7) is 6.21. The fourth-order valence-corrected chi connectivity index (χ4v) is 4.04. The molecule has 4 rings (SSSR count). The van der Waals surface area contributed by atoms with Gasteiger partial charge < -0.3 is 4.90 Å². The van der Waals surface area contributed by atoms with E-state index >= 15 is 0 Å². The van der Waals surface area contributed by atoms with Gasteiger partial charge in [0.15, 0.2) is 0 Å². The van der Waals surface area contributed by atoms with Gasteiger partial charge in [-0.05, 0) is 42.7 Å². The molecule has 0 atom stereocenters. The van der Waals surface area contributed by atoms with Gasteiger partial charge in [0.05, 0.1) is 23.1 Å². The first-order valence-corrected chi connectivity index (χ1v) is 10.5. The number of rotatable bonds is 5. The van der Waals surface area contributed by atoms with Gasteiger partial charge in [-0.15, -0.1) is 0 Å². The van der Waals surface area contributed by atoms with Gasteiger partial charge in [-0.3, -0.25) is 9.69 Å². The summed E-state index contributed by atoms with van der Waals surface area (Å²) in [5.74, 6) is -0.258. The molecule has 5 nitrogen and oxygen atoms in total. The van der Waals surface area contributed by atoms with E-state index in [1.165, 1.54) is 17.7 Å². The van der Waals surface area contributed by atoms with Gasteiger partial charge in [-0.1, -0.05) is 37.3 Å². The van der Waals surface area contributed by atoms with Crippen LogP contribution in [0.4, 0.5) is 4.39 Å². The van der Waals surface area contributed by atoms with Gasteiger partial charge in [0.2, 0.25) is 0 Å². The van der Waals surface area contributed by atoms with Crippen molar-refractivity contribution in [2.75, 3.05) is 26.2 Å². The highest BCUT2D eigenvalue weighted by atomic mass is 19.1. The summed E-state index contributed by atoms with van der Waals surface area (Å²) in [5.41, 5.74) is 3.55. The second kappa shape index (κ2) is 9.22. The van der Waals surface area contributed by atoms with E-state index in [9.17, 15) is 9.18 Å². The Bertz CT molecular complexity index is 984. The Hall–Kier alpha value is -2.99. The van der Waals surface area contributed by atoms with Gasteiger partial charge >= 0.3 is 0 Å². The summed E-state index contributed by atoms with van der Waals surface area (Å²) in [6.07, 6.45) is 3.27. The van der Waals surface area contributed by atoms with Crippen molar-refractivity contribution in [2.45, 2.75) is 26.3 Å². The van der Waals surface area contributed by atoms with Crippen LogP contribution in [0.15, 0.2) is 60.8 Å². The van der Waals surface area contributed by atoms with Crippen LogP contribution >= 0.6 is 0 Å². The summed E-state index contributed by atoms with van der Waals surface area (Å²) < 4.78 is 15.0. The summed E-state index contributed by atoms with van der Waals surface area (Å²) in [5, 5.41) is 4.43. The second-order valence-corrected chi connectivity index (χ2v) is 7.65. The van der Waals surface area contributed by atoms with E-state index in [2.05, 4.69) is 34.3 Å². The molecule has 30 heavy (non-hydrogen) atoms. The first-order chi connectivity index (χ1) is 14.7. The van der Waals surface area contributed by atoms with Crippen LogP contribution in [-0.4, -0.2) is 51.7 Å². The Morgan fingerprint density at radius 1 is 1.00 bits per heavy atom. The number of aromatic nitrogens is 2. The van der Waals surface area contributed by atoms with E-state index in [0.717, 1.165) is 44.0 Å². The molecule has 0 bridgehead atoms. The zero-order valence-corrected chi connectivity index (χ0v) is 17.3. The number of hydrogen-bond donors (Lipinski definition) is 0. The second-order valence-electron chi connectivity index (χ2n) is 7.65. The molecule has 0 radical (unpaired) electrons. The van der Waals surface area contributed by atoms with Gasteiger partial charge in [-0.2, -0.15) is 5.10 Å². The Morgan fingerprint density at radius 3 is 2.50 bits per heavy atom. The van der Waals surface area contributed by atoms with E-state index in [0.29, 0.717) is 18.5 Å². The largest absolute Gasteiger partial charge is 0.337 e. The molecule has 0 spiro atoms. The van der Waals surface area contributed by atoms with Crippen molar-refractivity contribution in [3.8, 4) is 5.69 Å². The molecule has 0 aliphatic carbocycles. The van der Waals surface area contributed by atoms with Crippen LogP contribution in [0.5, 0.6) is 0 Å². The quantitative estimate of drug-likeness (QED) is 0.645. The first-order valence-electron chi connectivity index (χ1n) is 10.5. The third kappa shape index (κ3) is 4.44. The van der Waals surface area contributed by atoms with Crippen molar-refractivity contribution in [3.63, 3.8) is 0 Å². The van der Waals surface area contributed by atoms with Crippen molar-refractivity contribution in [1.82, 2.24) is 19.6 Å². The zero-order chi connectivity index (χ0) is 20.9. The molecule has 1 aliphatic heterocycles. The smallest absolute Gasteiger partial charge is 0.257 e. The number of nitrogens with zero attached hydrogens (tertiary/aromatic N) is 4. The highest BCUT2D eigenvalue weighted by Crippen LogP contribution is 2.19. The summed E-state index contributed by atoms with van der Waals surface area (Å²) in [4.78, 5) is 17.6. The van der Waals surface area contributed by atoms with Crippen LogP contribution in [0.25, 0.3) is 5.69 Å². The van der Waals surface area contributed by atoms with E-state index in [-0.39, 0.29) is 11.7 Å². The molecule has 1 aliphatic rings. The van der Waals surface area contributed by atoms with Crippen LogP contribution in [0.2, 0.25) is 0 Å². The predicted octanol–water partition coefficient (Wildman–Crippen LogP) is 3.92. The molecule has 0 N–H and O–H groups in total. The Morgan fingerprint density at radius 2 is 1.77 bits per heavy atom. The van der Waals surface area contributed by atoms with Crippen LogP contribution < -0.4 is 0 Å². The maximum absolute atomic E-state index is 13.3. The van der Waals surface area contributed by atoms with E-state index in [4.69, 9.17) is 0 Å². The molecule has 2 aromatic carbocycles. The third-order valence-corrected chi connectivity index (χ3v) is 5.63. The lowest BCUT2D eigenvalue weighted by Gasteiger charge is -2.22. The van der Waals surface area contributed by atoms with E-state index < -0.39 is 0 Å². The minimum atomic E-state index is -0.287. The van der Waals surface area contributed by atoms with Crippen molar-refractivity contribution < 1.29 is 9.18 Å². The van der Waals surface area contributed by atoms with Crippen molar-refractivity contribution in [3.05, 3.63) is 83.4 Å². The lowest BCUT2D eigenvalue weighted by molar-refractivity contribution is 0.0760. The Balaban J connectivity index is 1.47. The Kier molecular flexibility index (Phi) is 6.23. The summed E-state index contributed by atoms with van der Waals surface area (Å²) in [7, 11) is 0.